The van der Waals surface area contributed by atoms with Crippen LogP contribution in [0.3, 0.4) is 0 Å². The summed E-state index contributed by atoms with van der Waals surface area (Å²) in [7, 11) is 0. The average molecular weight is 288 g/mol. The molecule has 0 amide bonds. The van der Waals surface area contributed by atoms with Crippen LogP contribution in [0, 0.1) is 0 Å². The van der Waals surface area contributed by atoms with Gasteiger partial charge in [0, 0.05) is 41.5 Å². The predicted molar refractivity (Wildman–Crippen MR) is 85.7 cm³/mol. The first kappa shape index (κ1) is 13.3. The second-order valence-electron chi connectivity index (χ2n) is 5.47. The van der Waals surface area contributed by atoms with Crippen LogP contribution >= 0.6 is 11.3 Å². The molecular formula is C16H20N2OS. The molecule has 106 valence electrons. The highest BCUT2D eigenvalue weighted by atomic mass is 32.1. The Morgan fingerprint density at radius 3 is 2.95 bits per heavy atom. The largest absolute Gasteiger partial charge is 0.491 e. The van der Waals surface area contributed by atoms with Crippen molar-refractivity contribution in [3.63, 3.8) is 0 Å². The van der Waals surface area contributed by atoms with E-state index in [0.29, 0.717) is 0 Å². The first-order valence-corrected chi connectivity index (χ1v) is 7.87. The Balaban J connectivity index is 1.85. The maximum atomic E-state index is 6.01. The highest BCUT2D eigenvalue weighted by molar-refractivity contribution is 7.10. The summed E-state index contributed by atoms with van der Waals surface area (Å²) < 4.78 is 5.78. The third kappa shape index (κ3) is 2.75. The summed E-state index contributed by atoms with van der Waals surface area (Å²) in [6.07, 6.45) is 1.27. The van der Waals surface area contributed by atoms with Gasteiger partial charge in [0.05, 0.1) is 6.10 Å². The number of nitrogens with two attached hydrogens (primary N) is 1. The topological polar surface area (TPSA) is 38.5 Å². The number of benzene rings is 1. The molecule has 2 heterocycles. The molecule has 20 heavy (non-hydrogen) atoms. The molecular weight excluding hydrogens is 268 g/mol. The lowest BCUT2D eigenvalue weighted by atomic mass is 10.1. The quantitative estimate of drug-likeness (QED) is 0.876. The zero-order valence-electron chi connectivity index (χ0n) is 11.9. The first-order valence-electron chi connectivity index (χ1n) is 6.99. The zero-order valence-corrected chi connectivity index (χ0v) is 12.7. The number of anilines is 2. The van der Waals surface area contributed by atoms with Crippen LogP contribution in [0.4, 0.5) is 11.4 Å². The molecule has 2 N–H and O–H groups in total. The minimum absolute atomic E-state index is 0.162. The van der Waals surface area contributed by atoms with Gasteiger partial charge in [0.2, 0.25) is 0 Å². The van der Waals surface area contributed by atoms with Gasteiger partial charge in [-0.25, -0.2) is 0 Å². The molecule has 0 atom stereocenters. The molecule has 1 aliphatic heterocycles. The van der Waals surface area contributed by atoms with E-state index < -0.39 is 0 Å². The molecule has 0 spiro atoms. The fourth-order valence-electron chi connectivity index (χ4n) is 2.60. The van der Waals surface area contributed by atoms with Crippen molar-refractivity contribution in [3.05, 3.63) is 40.1 Å². The minimum Gasteiger partial charge on any atom is -0.491 e. The van der Waals surface area contributed by atoms with Crippen molar-refractivity contribution in [1.82, 2.24) is 0 Å². The molecule has 1 aliphatic rings. The lowest BCUT2D eigenvalue weighted by Crippen LogP contribution is -2.29. The first-order chi connectivity index (χ1) is 9.61. The molecule has 4 heteroatoms. The highest BCUT2D eigenvalue weighted by Gasteiger charge is 2.18. The zero-order chi connectivity index (χ0) is 14.1. The van der Waals surface area contributed by atoms with Gasteiger partial charge in [0.15, 0.2) is 0 Å². The Hall–Kier alpha value is -1.68. The molecule has 2 aromatic rings. The van der Waals surface area contributed by atoms with Crippen molar-refractivity contribution in [1.29, 1.82) is 0 Å². The van der Waals surface area contributed by atoms with Gasteiger partial charge in [-0.05, 0) is 43.3 Å². The number of rotatable bonds is 3. The Labute approximate surface area is 124 Å². The number of thiophene rings is 1. The number of ether oxygens (including phenoxy) is 1. The van der Waals surface area contributed by atoms with Gasteiger partial charge in [-0.2, -0.15) is 0 Å². The van der Waals surface area contributed by atoms with E-state index in [1.165, 1.54) is 10.4 Å². The van der Waals surface area contributed by atoms with Gasteiger partial charge in [-0.15, -0.1) is 11.3 Å². The van der Waals surface area contributed by atoms with E-state index in [1.807, 2.05) is 37.3 Å². The van der Waals surface area contributed by atoms with Gasteiger partial charge < -0.3 is 15.4 Å². The second kappa shape index (κ2) is 5.37. The standard InChI is InChI=1S/C16H20N2OS/c1-11(2)19-15-8-13(17)7-14(9-15)18-5-3-16-12(10-18)4-6-20-16/h4,6-9,11H,3,5,10,17H2,1-2H3. The molecule has 0 aliphatic carbocycles. The maximum Gasteiger partial charge on any atom is 0.123 e. The van der Waals surface area contributed by atoms with E-state index >= 15 is 0 Å². The monoisotopic (exact) mass is 288 g/mol. The Bertz CT molecular complexity index is 606. The molecule has 1 aromatic carbocycles. The minimum atomic E-state index is 0.162. The molecule has 0 bridgehead atoms. The van der Waals surface area contributed by atoms with Gasteiger partial charge in [0.1, 0.15) is 5.75 Å². The smallest absolute Gasteiger partial charge is 0.123 e. The molecule has 0 saturated carbocycles. The van der Waals surface area contributed by atoms with E-state index in [2.05, 4.69) is 22.4 Å². The fourth-order valence-corrected chi connectivity index (χ4v) is 3.49. The van der Waals surface area contributed by atoms with Crippen LogP contribution in [0.15, 0.2) is 29.6 Å². The SMILES string of the molecule is CC(C)Oc1cc(N)cc(N2CCc3sccc3C2)c1. The third-order valence-electron chi connectivity index (χ3n) is 3.46. The van der Waals surface area contributed by atoms with E-state index in [-0.39, 0.29) is 6.10 Å². The van der Waals surface area contributed by atoms with Crippen molar-refractivity contribution in [2.75, 3.05) is 17.2 Å². The summed E-state index contributed by atoms with van der Waals surface area (Å²) in [6, 6.07) is 8.24. The predicted octanol–water partition coefficient (Wildman–Crippen LogP) is 3.68. The van der Waals surface area contributed by atoms with Crippen molar-refractivity contribution in [2.24, 2.45) is 0 Å². The third-order valence-corrected chi connectivity index (χ3v) is 4.48. The summed E-state index contributed by atoms with van der Waals surface area (Å²) in [5.41, 5.74) is 9.36. The van der Waals surface area contributed by atoms with Crippen LogP contribution < -0.4 is 15.4 Å². The van der Waals surface area contributed by atoms with E-state index in [9.17, 15) is 0 Å². The average Bonchev–Trinajstić information content (AvgIpc) is 2.84. The molecule has 3 rings (SSSR count). The Morgan fingerprint density at radius 1 is 1.30 bits per heavy atom. The number of hydrogen-bond donors (Lipinski definition) is 1. The second-order valence-corrected chi connectivity index (χ2v) is 6.47. The van der Waals surface area contributed by atoms with Crippen LogP contribution in [0.1, 0.15) is 24.3 Å². The summed E-state index contributed by atoms with van der Waals surface area (Å²) >= 11 is 1.86. The van der Waals surface area contributed by atoms with E-state index in [4.69, 9.17) is 10.5 Å². The van der Waals surface area contributed by atoms with E-state index in [1.54, 1.807) is 0 Å². The Kier molecular flexibility index (Phi) is 3.57. The maximum absolute atomic E-state index is 6.01. The number of hydrogen-bond acceptors (Lipinski definition) is 4. The van der Waals surface area contributed by atoms with Crippen molar-refractivity contribution in [2.45, 2.75) is 32.9 Å². The summed E-state index contributed by atoms with van der Waals surface area (Å²) in [6.45, 7) is 6.06. The van der Waals surface area contributed by atoms with Crippen molar-refractivity contribution >= 4 is 22.7 Å². The number of nitrogens with zero attached hydrogens (tertiary/aromatic N) is 1. The lowest BCUT2D eigenvalue weighted by Gasteiger charge is -2.29. The Morgan fingerprint density at radius 2 is 2.15 bits per heavy atom. The molecule has 0 radical (unpaired) electrons. The number of fused-ring (bicyclic) bond motifs is 1. The van der Waals surface area contributed by atoms with Gasteiger partial charge in [-0.1, -0.05) is 0 Å². The van der Waals surface area contributed by atoms with Crippen molar-refractivity contribution < 1.29 is 4.74 Å². The fraction of sp³-hybridized carbons (Fsp3) is 0.375. The summed E-state index contributed by atoms with van der Waals surface area (Å²) in [4.78, 5) is 3.89. The van der Waals surface area contributed by atoms with Crippen LogP contribution in [0.25, 0.3) is 0 Å². The molecule has 3 nitrogen and oxygen atoms in total. The van der Waals surface area contributed by atoms with Gasteiger partial charge in [0.25, 0.3) is 0 Å². The molecule has 0 unspecified atom stereocenters. The normalized spacial score (nSPS) is 14.4. The van der Waals surface area contributed by atoms with E-state index in [0.717, 1.165) is 36.6 Å². The summed E-state index contributed by atoms with van der Waals surface area (Å²) in [5.74, 6) is 0.853. The van der Waals surface area contributed by atoms with Crippen LogP contribution in [0.2, 0.25) is 0 Å². The number of nitrogen functional groups attached to an aromatic ring is 1. The van der Waals surface area contributed by atoms with Crippen LogP contribution in [-0.2, 0) is 13.0 Å². The lowest BCUT2D eigenvalue weighted by molar-refractivity contribution is 0.242. The highest BCUT2D eigenvalue weighted by Crippen LogP contribution is 2.31. The van der Waals surface area contributed by atoms with Crippen LogP contribution in [0.5, 0.6) is 5.75 Å². The van der Waals surface area contributed by atoms with Gasteiger partial charge in [-0.3, -0.25) is 0 Å². The molecule has 0 saturated heterocycles. The summed E-state index contributed by atoms with van der Waals surface area (Å²) in [5, 5.41) is 2.18. The van der Waals surface area contributed by atoms with Crippen LogP contribution in [-0.4, -0.2) is 12.6 Å². The van der Waals surface area contributed by atoms with Crippen molar-refractivity contribution in [3.8, 4) is 5.75 Å². The molecule has 0 fully saturated rings. The molecule has 1 aromatic heterocycles. The van der Waals surface area contributed by atoms with Gasteiger partial charge >= 0.3 is 0 Å².